The molecule has 0 unspecified atom stereocenters. The second-order valence-electron chi connectivity index (χ2n) is 5.20. The highest BCUT2D eigenvalue weighted by Crippen LogP contribution is 2.43. The Morgan fingerprint density at radius 3 is 2.78 bits per heavy atom. The van der Waals surface area contributed by atoms with Gasteiger partial charge in [0.05, 0.1) is 5.56 Å². The Bertz CT molecular complexity index is 453. The molecule has 0 radical (unpaired) electrons. The molecule has 0 heterocycles. The molecule has 1 aromatic carbocycles. The highest BCUT2D eigenvalue weighted by Gasteiger charge is 2.34. The molecule has 0 saturated heterocycles. The minimum absolute atomic E-state index is 0.128. The number of nitrogens with zero attached hydrogens (tertiary/aromatic N) is 1. The number of nitrogens with one attached hydrogen (secondary N) is 1. The zero-order chi connectivity index (χ0) is 13.0. The van der Waals surface area contributed by atoms with Crippen LogP contribution in [0.15, 0.2) is 18.2 Å². The third kappa shape index (κ3) is 2.54. The summed E-state index contributed by atoms with van der Waals surface area (Å²) >= 11 is 0. The van der Waals surface area contributed by atoms with Crippen LogP contribution in [-0.2, 0) is 6.54 Å². The van der Waals surface area contributed by atoms with Crippen LogP contribution in [0.3, 0.4) is 0 Å². The Balaban J connectivity index is 1.93. The molecule has 0 aromatic heterocycles. The summed E-state index contributed by atoms with van der Waals surface area (Å²) in [5.74, 6) is -0.383. The van der Waals surface area contributed by atoms with Gasteiger partial charge in [-0.05, 0) is 30.7 Å². The monoisotopic (exact) mass is 246 g/mol. The molecule has 2 nitrogen and oxygen atoms in total. The highest BCUT2D eigenvalue weighted by molar-refractivity contribution is 5.34. The first-order chi connectivity index (χ1) is 8.71. The summed E-state index contributed by atoms with van der Waals surface area (Å²) in [7, 11) is 0. The molecule has 1 N–H and O–H groups in total. The molecule has 18 heavy (non-hydrogen) atoms. The maximum atomic E-state index is 13.8. The summed E-state index contributed by atoms with van der Waals surface area (Å²) < 4.78 is 13.8. The Morgan fingerprint density at radius 2 is 2.22 bits per heavy atom. The minimum Gasteiger partial charge on any atom is -0.312 e. The minimum atomic E-state index is -0.383. The second-order valence-corrected chi connectivity index (χ2v) is 5.20. The van der Waals surface area contributed by atoms with Crippen molar-refractivity contribution in [3.8, 4) is 6.07 Å². The molecular weight excluding hydrogens is 227 g/mol. The van der Waals surface area contributed by atoms with E-state index in [2.05, 4.69) is 12.2 Å². The quantitative estimate of drug-likeness (QED) is 0.864. The topological polar surface area (TPSA) is 35.8 Å². The standard InChI is InChI=1S/C15H19FN2/c1-2-15(7-4-8-15)11-18-10-13-6-3-5-12(9-17)14(13)16/h3,5-6,18H,2,4,7-8,10-11H2,1H3. The lowest BCUT2D eigenvalue weighted by Crippen LogP contribution is -2.39. The molecule has 2 rings (SSSR count). The van der Waals surface area contributed by atoms with Crippen LogP contribution in [-0.4, -0.2) is 6.54 Å². The van der Waals surface area contributed by atoms with Crippen molar-refractivity contribution in [1.82, 2.24) is 5.32 Å². The number of halogens is 1. The third-order valence-corrected chi connectivity index (χ3v) is 4.18. The van der Waals surface area contributed by atoms with Gasteiger partial charge in [-0.25, -0.2) is 4.39 Å². The summed E-state index contributed by atoms with van der Waals surface area (Å²) in [6.07, 6.45) is 5.04. The Kier molecular flexibility index (Phi) is 3.98. The average Bonchev–Trinajstić information content (AvgIpc) is 2.34. The van der Waals surface area contributed by atoms with E-state index < -0.39 is 0 Å². The van der Waals surface area contributed by atoms with E-state index in [0.29, 0.717) is 17.5 Å². The van der Waals surface area contributed by atoms with Gasteiger partial charge in [0, 0.05) is 18.7 Å². The van der Waals surface area contributed by atoms with Crippen LogP contribution in [0, 0.1) is 22.6 Å². The smallest absolute Gasteiger partial charge is 0.145 e. The van der Waals surface area contributed by atoms with Crippen molar-refractivity contribution in [3.05, 3.63) is 35.1 Å². The number of hydrogen-bond acceptors (Lipinski definition) is 2. The van der Waals surface area contributed by atoms with E-state index in [9.17, 15) is 4.39 Å². The zero-order valence-corrected chi connectivity index (χ0v) is 10.8. The second kappa shape index (κ2) is 5.49. The van der Waals surface area contributed by atoms with Crippen molar-refractivity contribution in [2.75, 3.05) is 6.54 Å². The average molecular weight is 246 g/mol. The van der Waals surface area contributed by atoms with Gasteiger partial charge in [0.15, 0.2) is 0 Å². The maximum Gasteiger partial charge on any atom is 0.145 e. The van der Waals surface area contributed by atoms with E-state index >= 15 is 0 Å². The molecule has 0 aliphatic heterocycles. The number of nitriles is 1. The van der Waals surface area contributed by atoms with Crippen LogP contribution in [0.1, 0.15) is 43.7 Å². The van der Waals surface area contributed by atoms with E-state index in [-0.39, 0.29) is 11.4 Å². The fraction of sp³-hybridized carbons (Fsp3) is 0.533. The summed E-state index contributed by atoms with van der Waals surface area (Å²) in [4.78, 5) is 0. The zero-order valence-electron chi connectivity index (χ0n) is 10.8. The molecule has 1 aliphatic carbocycles. The van der Waals surface area contributed by atoms with E-state index in [1.54, 1.807) is 12.1 Å². The van der Waals surface area contributed by atoms with Gasteiger partial charge in [-0.15, -0.1) is 0 Å². The van der Waals surface area contributed by atoms with Gasteiger partial charge in [0.1, 0.15) is 11.9 Å². The molecule has 0 atom stereocenters. The number of benzene rings is 1. The fourth-order valence-electron chi connectivity index (χ4n) is 2.60. The Morgan fingerprint density at radius 1 is 1.44 bits per heavy atom. The van der Waals surface area contributed by atoms with Gasteiger partial charge >= 0.3 is 0 Å². The first-order valence-corrected chi connectivity index (χ1v) is 6.59. The van der Waals surface area contributed by atoms with Crippen molar-refractivity contribution in [1.29, 1.82) is 5.26 Å². The lowest BCUT2D eigenvalue weighted by Gasteiger charge is -2.41. The van der Waals surface area contributed by atoms with Crippen LogP contribution in [0.25, 0.3) is 0 Å². The Hall–Kier alpha value is -1.40. The van der Waals surface area contributed by atoms with Gasteiger partial charge in [-0.1, -0.05) is 25.5 Å². The maximum absolute atomic E-state index is 13.8. The normalized spacial score (nSPS) is 16.9. The summed E-state index contributed by atoms with van der Waals surface area (Å²) in [6.45, 7) is 3.67. The van der Waals surface area contributed by atoms with Crippen LogP contribution in [0.2, 0.25) is 0 Å². The van der Waals surface area contributed by atoms with E-state index in [1.165, 1.54) is 31.7 Å². The van der Waals surface area contributed by atoms with Gasteiger partial charge in [0.2, 0.25) is 0 Å². The first kappa shape index (κ1) is 13.0. The number of rotatable bonds is 5. The van der Waals surface area contributed by atoms with Gasteiger partial charge in [-0.2, -0.15) is 5.26 Å². The Labute approximate surface area is 108 Å². The first-order valence-electron chi connectivity index (χ1n) is 6.59. The third-order valence-electron chi connectivity index (χ3n) is 4.18. The van der Waals surface area contributed by atoms with Crippen molar-refractivity contribution in [2.24, 2.45) is 5.41 Å². The predicted octanol–water partition coefficient (Wildman–Crippen LogP) is 3.37. The molecular formula is C15H19FN2. The van der Waals surface area contributed by atoms with Crippen molar-refractivity contribution >= 4 is 0 Å². The SMILES string of the molecule is CCC1(CNCc2cccc(C#N)c2F)CCC1. The van der Waals surface area contributed by atoms with Crippen LogP contribution in [0.5, 0.6) is 0 Å². The van der Waals surface area contributed by atoms with Crippen molar-refractivity contribution in [3.63, 3.8) is 0 Å². The molecule has 96 valence electrons. The highest BCUT2D eigenvalue weighted by atomic mass is 19.1. The molecule has 1 fully saturated rings. The summed E-state index contributed by atoms with van der Waals surface area (Å²) in [5, 5.41) is 12.1. The lowest BCUT2D eigenvalue weighted by atomic mass is 9.67. The number of hydrogen-bond donors (Lipinski definition) is 1. The molecule has 0 amide bonds. The van der Waals surface area contributed by atoms with Crippen LogP contribution >= 0.6 is 0 Å². The lowest BCUT2D eigenvalue weighted by molar-refractivity contribution is 0.123. The molecule has 1 aliphatic rings. The molecule has 1 aromatic rings. The van der Waals surface area contributed by atoms with Crippen LogP contribution in [0.4, 0.5) is 4.39 Å². The largest absolute Gasteiger partial charge is 0.312 e. The van der Waals surface area contributed by atoms with Crippen molar-refractivity contribution < 1.29 is 4.39 Å². The fourth-order valence-corrected chi connectivity index (χ4v) is 2.60. The molecule has 0 bridgehead atoms. The van der Waals surface area contributed by atoms with Gasteiger partial charge in [0.25, 0.3) is 0 Å². The van der Waals surface area contributed by atoms with E-state index in [1.807, 2.05) is 6.07 Å². The molecule has 3 heteroatoms. The van der Waals surface area contributed by atoms with Gasteiger partial charge < -0.3 is 5.32 Å². The van der Waals surface area contributed by atoms with Crippen molar-refractivity contribution in [2.45, 2.75) is 39.2 Å². The summed E-state index contributed by atoms with van der Waals surface area (Å²) in [6, 6.07) is 6.86. The molecule has 1 saturated carbocycles. The van der Waals surface area contributed by atoms with E-state index in [0.717, 1.165) is 6.54 Å². The van der Waals surface area contributed by atoms with Gasteiger partial charge in [-0.3, -0.25) is 0 Å². The van der Waals surface area contributed by atoms with E-state index in [4.69, 9.17) is 5.26 Å². The predicted molar refractivity (Wildman–Crippen MR) is 69.4 cm³/mol. The van der Waals surface area contributed by atoms with Crippen LogP contribution < -0.4 is 5.32 Å². The summed E-state index contributed by atoms with van der Waals surface area (Å²) in [5.41, 5.74) is 1.14. The molecule has 0 spiro atoms.